The highest BCUT2D eigenvalue weighted by molar-refractivity contribution is 8.00. The van der Waals surface area contributed by atoms with Gasteiger partial charge in [0.05, 0.1) is 11.0 Å². The fraction of sp³-hybridized carbons (Fsp3) is 0.185. The lowest BCUT2D eigenvalue weighted by atomic mass is 10.0. The van der Waals surface area contributed by atoms with Crippen molar-refractivity contribution in [3.05, 3.63) is 96.8 Å². The summed E-state index contributed by atoms with van der Waals surface area (Å²) in [6.07, 6.45) is 1.77. The first-order valence-corrected chi connectivity index (χ1v) is 12.1. The van der Waals surface area contributed by atoms with Gasteiger partial charge in [-0.3, -0.25) is 9.36 Å². The van der Waals surface area contributed by atoms with Gasteiger partial charge in [0, 0.05) is 6.54 Å². The highest BCUT2D eigenvalue weighted by atomic mass is 32.2. The maximum atomic E-state index is 12.7. The number of hydrazone groups is 1. The third kappa shape index (κ3) is 6.16. The zero-order valence-electron chi connectivity index (χ0n) is 19.7. The van der Waals surface area contributed by atoms with Crippen molar-refractivity contribution >= 4 is 34.2 Å². The van der Waals surface area contributed by atoms with Gasteiger partial charge in [-0.1, -0.05) is 72.4 Å². The van der Waals surface area contributed by atoms with Crippen molar-refractivity contribution < 1.29 is 9.53 Å². The van der Waals surface area contributed by atoms with E-state index >= 15 is 0 Å². The van der Waals surface area contributed by atoms with Gasteiger partial charge in [-0.05, 0) is 48.4 Å². The second-order valence-electron chi connectivity index (χ2n) is 7.90. The van der Waals surface area contributed by atoms with Crippen molar-refractivity contribution in [3.63, 3.8) is 0 Å². The van der Waals surface area contributed by atoms with Crippen LogP contribution in [-0.4, -0.2) is 31.6 Å². The van der Waals surface area contributed by atoms with Gasteiger partial charge >= 0.3 is 0 Å². The number of carbonyl (C=O) groups is 1. The fourth-order valence-corrected chi connectivity index (χ4v) is 4.28. The minimum atomic E-state index is -0.432. The Morgan fingerprint density at radius 1 is 1.11 bits per heavy atom. The van der Waals surface area contributed by atoms with Crippen LogP contribution in [0.15, 0.2) is 95.7 Å². The molecule has 1 amide bonds. The number of carbonyl (C=O) groups excluding carboxylic acids is 1. The van der Waals surface area contributed by atoms with Crippen molar-refractivity contribution in [2.75, 3.05) is 0 Å². The number of rotatable bonds is 10. The standard InChI is InChI=1S/C27H27N5O2S/c1-4-16-32-25(18-34-24-12-6-5-7-13-24)29-31-27(32)35-20(3)26(33)30-28-19(2)22-15-14-21-10-8-9-11-23(21)17-22/h4-15,17,20H,1,16,18H2,2-3H3,(H,30,33)/b28-19+/t20-/m1/s1. The molecule has 0 aliphatic carbocycles. The van der Waals surface area contributed by atoms with Gasteiger partial charge in [0.25, 0.3) is 5.91 Å². The molecular weight excluding hydrogens is 458 g/mol. The Hall–Kier alpha value is -3.91. The quantitative estimate of drug-likeness (QED) is 0.144. The molecule has 0 saturated heterocycles. The number of nitrogens with zero attached hydrogens (tertiary/aromatic N) is 4. The van der Waals surface area contributed by atoms with E-state index in [0.29, 0.717) is 17.5 Å². The molecule has 4 aromatic rings. The number of nitrogens with one attached hydrogen (secondary N) is 1. The second kappa shape index (κ2) is 11.5. The molecule has 7 nitrogen and oxygen atoms in total. The summed E-state index contributed by atoms with van der Waals surface area (Å²) in [4.78, 5) is 12.7. The van der Waals surface area contributed by atoms with E-state index in [4.69, 9.17) is 4.74 Å². The maximum absolute atomic E-state index is 12.7. The van der Waals surface area contributed by atoms with Crippen molar-refractivity contribution in [1.82, 2.24) is 20.2 Å². The Kier molecular flexibility index (Phi) is 7.95. The minimum Gasteiger partial charge on any atom is -0.486 e. The normalized spacial score (nSPS) is 12.3. The first-order valence-electron chi connectivity index (χ1n) is 11.3. The molecule has 0 bridgehead atoms. The summed E-state index contributed by atoms with van der Waals surface area (Å²) in [6.45, 7) is 8.29. The Bertz CT molecular complexity index is 1350. The zero-order valence-corrected chi connectivity index (χ0v) is 20.5. The van der Waals surface area contributed by atoms with Crippen LogP contribution in [0.4, 0.5) is 0 Å². The number of thioether (sulfide) groups is 1. The lowest BCUT2D eigenvalue weighted by molar-refractivity contribution is -0.120. The topological polar surface area (TPSA) is 81.4 Å². The lowest BCUT2D eigenvalue weighted by Gasteiger charge is -2.12. The van der Waals surface area contributed by atoms with Crippen LogP contribution in [0.1, 0.15) is 25.2 Å². The number of ether oxygens (including phenoxy) is 1. The molecule has 0 aliphatic heterocycles. The zero-order chi connectivity index (χ0) is 24.6. The number of para-hydroxylation sites is 1. The van der Waals surface area contributed by atoms with Gasteiger partial charge in [0.1, 0.15) is 12.4 Å². The maximum Gasteiger partial charge on any atom is 0.253 e. The van der Waals surface area contributed by atoms with E-state index in [1.54, 1.807) is 6.08 Å². The number of fused-ring (bicyclic) bond motifs is 1. The SMILES string of the molecule is C=CCn1c(COc2ccccc2)nnc1S[C@H](C)C(=O)N/N=C(\C)c1ccc2ccccc2c1. The molecule has 1 heterocycles. The molecule has 0 unspecified atom stereocenters. The molecule has 4 rings (SSSR count). The van der Waals surface area contributed by atoms with Gasteiger partial charge in [-0.15, -0.1) is 16.8 Å². The van der Waals surface area contributed by atoms with E-state index in [2.05, 4.69) is 51.6 Å². The minimum absolute atomic E-state index is 0.217. The molecule has 0 saturated carbocycles. The molecule has 1 aromatic heterocycles. The monoisotopic (exact) mass is 485 g/mol. The molecule has 1 atom stereocenters. The fourth-order valence-electron chi connectivity index (χ4n) is 3.41. The molecule has 1 N–H and O–H groups in total. The molecule has 178 valence electrons. The number of allylic oxidation sites excluding steroid dienone is 1. The van der Waals surface area contributed by atoms with Crippen LogP contribution in [-0.2, 0) is 17.9 Å². The van der Waals surface area contributed by atoms with Crippen LogP contribution in [0.25, 0.3) is 10.8 Å². The van der Waals surface area contributed by atoms with Crippen molar-refractivity contribution in [3.8, 4) is 5.75 Å². The molecule has 0 fully saturated rings. The number of hydrogen-bond donors (Lipinski definition) is 1. The van der Waals surface area contributed by atoms with E-state index in [1.807, 2.05) is 66.9 Å². The highest BCUT2D eigenvalue weighted by Crippen LogP contribution is 2.23. The first-order chi connectivity index (χ1) is 17.0. The molecule has 0 radical (unpaired) electrons. The lowest BCUT2D eigenvalue weighted by Crippen LogP contribution is -2.28. The van der Waals surface area contributed by atoms with E-state index in [-0.39, 0.29) is 12.5 Å². The number of aromatic nitrogens is 3. The Balaban J connectivity index is 1.39. The smallest absolute Gasteiger partial charge is 0.253 e. The summed E-state index contributed by atoms with van der Waals surface area (Å²) in [6, 6.07) is 23.8. The van der Waals surface area contributed by atoms with Crippen LogP contribution in [0, 0.1) is 0 Å². The number of amides is 1. The van der Waals surface area contributed by atoms with Crippen molar-refractivity contribution in [2.45, 2.75) is 37.4 Å². The van der Waals surface area contributed by atoms with Crippen LogP contribution in [0.2, 0.25) is 0 Å². The average molecular weight is 486 g/mol. The Morgan fingerprint density at radius 2 is 1.86 bits per heavy atom. The molecule has 35 heavy (non-hydrogen) atoms. The van der Waals surface area contributed by atoms with Gasteiger partial charge in [0.15, 0.2) is 11.0 Å². The number of hydrogen-bond acceptors (Lipinski definition) is 6. The van der Waals surface area contributed by atoms with Gasteiger partial charge < -0.3 is 4.74 Å². The molecular formula is C27H27N5O2S. The summed E-state index contributed by atoms with van der Waals surface area (Å²) < 4.78 is 7.71. The third-order valence-electron chi connectivity index (χ3n) is 5.37. The predicted octanol–water partition coefficient (Wildman–Crippen LogP) is 5.22. The first kappa shape index (κ1) is 24.2. The summed E-state index contributed by atoms with van der Waals surface area (Å²) in [5.41, 5.74) is 4.37. The summed E-state index contributed by atoms with van der Waals surface area (Å²) in [5.74, 6) is 1.20. The van der Waals surface area contributed by atoms with Crippen LogP contribution in [0.5, 0.6) is 5.75 Å². The molecule has 3 aromatic carbocycles. The highest BCUT2D eigenvalue weighted by Gasteiger charge is 2.20. The van der Waals surface area contributed by atoms with E-state index < -0.39 is 5.25 Å². The van der Waals surface area contributed by atoms with Crippen LogP contribution < -0.4 is 10.2 Å². The third-order valence-corrected chi connectivity index (χ3v) is 6.45. The Labute approximate surface area is 208 Å². The molecule has 8 heteroatoms. The summed E-state index contributed by atoms with van der Waals surface area (Å²) in [7, 11) is 0. The predicted molar refractivity (Wildman–Crippen MR) is 141 cm³/mol. The summed E-state index contributed by atoms with van der Waals surface area (Å²) >= 11 is 1.31. The van der Waals surface area contributed by atoms with E-state index in [9.17, 15) is 4.79 Å². The van der Waals surface area contributed by atoms with E-state index in [0.717, 1.165) is 27.8 Å². The Morgan fingerprint density at radius 3 is 2.63 bits per heavy atom. The van der Waals surface area contributed by atoms with Crippen LogP contribution in [0.3, 0.4) is 0 Å². The number of benzene rings is 3. The van der Waals surface area contributed by atoms with Gasteiger partial charge in [0.2, 0.25) is 0 Å². The van der Waals surface area contributed by atoms with Crippen LogP contribution >= 0.6 is 11.8 Å². The van der Waals surface area contributed by atoms with Crippen molar-refractivity contribution in [1.29, 1.82) is 0 Å². The molecule has 0 aliphatic rings. The van der Waals surface area contributed by atoms with Gasteiger partial charge in [-0.2, -0.15) is 5.10 Å². The van der Waals surface area contributed by atoms with Crippen molar-refractivity contribution in [2.24, 2.45) is 5.10 Å². The molecule has 0 spiro atoms. The largest absolute Gasteiger partial charge is 0.486 e. The van der Waals surface area contributed by atoms with Gasteiger partial charge in [-0.25, -0.2) is 5.43 Å². The summed E-state index contributed by atoms with van der Waals surface area (Å²) in [5, 5.41) is 15.3. The average Bonchev–Trinajstić information content (AvgIpc) is 3.27. The van der Waals surface area contributed by atoms with E-state index in [1.165, 1.54) is 11.8 Å². The second-order valence-corrected chi connectivity index (χ2v) is 9.20.